The SMILES string of the molecule is Fc1ccccc1-c1nc[c]cc1C1CC1. The van der Waals surface area contributed by atoms with Gasteiger partial charge >= 0.3 is 0 Å². The average molecular weight is 212 g/mol. The molecule has 1 aromatic heterocycles. The van der Waals surface area contributed by atoms with Crippen LogP contribution in [0.25, 0.3) is 11.3 Å². The third kappa shape index (κ3) is 1.60. The van der Waals surface area contributed by atoms with Crippen LogP contribution in [0.4, 0.5) is 4.39 Å². The van der Waals surface area contributed by atoms with Crippen LogP contribution in [0.5, 0.6) is 0 Å². The van der Waals surface area contributed by atoms with Crippen molar-refractivity contribution >= 4 is 0 Å². The summed E-state index contributed by atoms with van der Waals surface area (Å²) in [6.45, 7) is 0. The van der Waals surface area contributed by atoms with E-state index in [-0.39, 0.29) is 5.82 Å². The van der Waals surface area contributed by atoms with Gasteiger partial charge in [-0.15, -0.1) is 0 Å². The third-order valence-corrected chi connectivity index (χ3v) is 2.93. The minimum absolute atomic E-state index is 0.205. The van der Waals surface area contributed by atoms with Crippen molar-refractivity contribution in [1.29, 1.82) is 0 Å². The maximum Gasteiger partial charge on any atom is 0.132 e. The highest BCUT2D eigenvalue weighted by Gasteiger charge is 2.27. The summed E-state index contributed by atoms with van der Waals surface area (Å²) in [6, 6.07) is 11.7. The van der Waals surface area contributed by atoms with Gasteiger partial charge in [-0.05, 0) is 42.5 Å². The molecule has 16 heavy (non-hydrogen) atoms. The minimum Gasteiger partial charge on any atom is -0.255 e. The van der Waals surface area contributed by atoms with E-state index >= 15 is 0 Å². The second kappa shape index (κ2) is 3.71. The molecular formula is C14H11FN. The Morgan fingerprint density at radius 3 is 2.81 bits per heavy atom. The lowest BCUT2D eigenvalue weighted by molar-refractivity contribution is 0.630. The largest absolute Gasteiger partial charge is 0.255 e. The Morgan fingerprint density at radius 2 is 2.06 bits per heavy atom. The van der Waals surface area contributed by atoms with Crippen molar-refractivity contribution < 1.29 is 4.39 Å². The highest BCUT2D eigenvalue weighted by atomic mass is 19.1. The molecule has 2 aromatic rings. The molecule has 0 spiro atoms. The van der Waals surface area contributed by atoms with Gasteiger partial charge in [-0.2, -0.15) is 0 Å². The van der Waals surface area contributed by atoms with Crippen LogP contribution in [0.2, 0.25) is 0 Å². The minimum atomic E-state index is -0.205. The summed E-state index contributed by atoms with van der Waals surface area (Å²) in [7, 11) is 0. The topological polar surface area (TPSA) is 12.9 Å². The lowest BCUT2D eigenvalue weighted by Gasteiger charge is -2.07. The van der Waals surface area contributed by atoms with Gasteiger partial charge in [0.05, 0.1) is 5.69 Å². The maximum atomic E-state index is 13.7. The van der Waals surface area contributed by atoms with Crippen LogP contribution in [-0.4, -0.2) is 4.98 Å². The van der Waals surface area contributed by atoms with Crippen LogP contribution in [0, 0.1) is 11.9 Å². The van der Waals surface area contributed by atoms with Crippen molar-refractivity contribution in [2.24, 2.45) is 0 Å². The fourth-order valence-electron chi connectivity index (χ4n) is 1.96. The molecule has 0 N–H and O–H groups in total. The summed E-state index contributed by atoms with van der Waals surface area (Å²) in [5.74, 6) is 0.350. The second-order valence-electron chi connectivity index (χ2n) is 4.13. The normalized spacial score (nSPS) is 15.1. The first-order valence-electron chi connectivity index (χ1n) is 5.47. The molecule has 1 heterocycles. The highest BCUT2D eigenvalue weighted by molar-refractivity contribution is 5.64. The molecule has 0 unspecified atom stereocenters. The van der Waals surface area contributed by atoms with Crippen molar-refractivity contribution in [3.63, 3.8) is 0 Å². The lowest BCUT2D eigenvalue weighted by Crippen LogP contribution is -1.93. The number of halogens is 1. The van der Waals surface area contributed by atoms with Gasteiger partial charge in [0, 0.05) is 17.8 Å². The van der Waals surface area contributed by atoms with E-state index in [1.165, 1.54) is 18.9 Å². The Labute approximate surface area is 94.0 Å². The summed E-state index contributed by atoms with van der Waals surface area (Å²) in [5.41, 5.74) is 2.50. The van der Waals surface area contributed by atoms with Crippen molar-refractivity contribution in [1.82, 2.24) is 4.98 Å². The zero-order valence-electron chi connectivity index (χ0n) is 8.78. The molecule has 1 aliphatic carbocycles. The summed E-state index contributed by atoms with van der Waals surface area (Å²) in [6.07, 6.45) is 3.97. The summed E-state index contributed by atoms with van der Waals surface area (Å²) < 4.78 is 13.7. The highest BCUT2D eigenvalue weighted by Crippen LogP contribution is 2.43. The molecule has 79 valence electrons. The van der Waals surface area contributed by atoms with E-state index in [0.717, 1.165) is 11.3 Å². The van der Waals surface area contributed by atoms with Gasteiger partial charge in [0.25, 0.3) is 0 Å². The van der Waals surface area contributed by atoms with Crippen molar-refractivity contribution in [2.75, 3.05) is 0 Å². The van der Waals surface area contributed by atoms with Gasteiger partial charge < -0.3 is 0 Å². The van der Waals surface area contributed by atoms with Crippen LogP contribution in [0.1, 0.15) is 24.3 Å². The first-order valence-corrected chi connectivity index (χ1v) is 5.47. The Morgan fingerprint density at radius 1 is 1.25 bits per heavy atom. The Hall–Kier alpha value is -1.70. The molecular weight excluding hydrogens is 201 g/mol. The van der Waals surface area contributed by atoms with Crippen LogP contribution < -0.4 is 0 Å². The zero-order chi connectivity index (χ0) is 11.0. The smallest absolute Gasteiger partial charge is 0.132 e. The molecule has 1 saturated carbocycles. The van der Waals surface area contributed by atoms with E-state index in [1.807, 2.05) is 12.1 Å². The monoisotopic (exact) mass is 212 g/mol. The molecule has 0 aliphatic heterocycles. The molecule has 0 atom stereocenters. The molecule has 2 heteroatoms. The van der Waals surface area contributed by atoms with Crippen molar-refractivity contribution in [3.05, 3.63) is 54.0 Å². The molecule has 0 saturated heterocycles. The number of aromatic nitrogens is 1. The van der Waals surface area contributed by atoms with Crippen molar-refractivity contribution in [2.45, 2.75) is 18.8 Å². The Bertz CT molecular complexity index is 518. The van der Waals surface area contributed by atoms with E-state index in [4.69, 9.17) is 0 Å². The van der Waals surface area contributed by atoms with Crippen molar-refractivity contribution in [3.8, 4) is 11.3 Å². The first kappa shape index (κ1) is 9.52. The summed E-state index contributed by atoms with van der Waals surface area (Å²) >= 11 is 0. The first-order chi connectivity index (χ1) is 7.86. The predicted molar refractivity (Wildman–Crippen MR) is 60.4 cm³/mol. The molecule has 1 fully saturated rings. The fourth-order valence-corrected chi connectivity index (χ4v) is 1.96. The molecule has 3 rings (SSSR count). The van der Waals surface area contributed by atoms with E-state index in [2.05, 4.69) is 11.1 Å². The van der Waals surface area contributed by atoms with Gasteiger partial charge in [-0.3, -0.25) is 4.98 Å². The zero-order valence-corrected chi connectivity index (χ0v) is 8.78. The molecule has 0 bridgehead atoms. The predicted octanol–water partition coefficient (Wildman–Crippen LogP) is 3.57. The number of benzene rings is 1. The number of nitrogens with zero attached hydrogens (tertiary/aromatic N) is 1. The standard InChI is InChI=1S/C14H11FN/c15-13-6-2-1-4-12(13)14-11(10-7-8-10)5-3-9-16-14/h1-2,4-6,9-10H,7-8H2. The van der Waals surface area contributed by atoms with E-state index < -0.39 is 0 Å². The van der Waals surface area contributed by atoms with Crippen LogP contribution in [-0.2, 0) is 0 Å². The molecule has 1 aromatic carbocycles. The van der Waals surface area contributed by atoms with E-state index in [9.17, 15) is 4.39 Å². The number of hydrogen-bond acceptors (Lipinski definition) is 1. The van der Waals surface area contributed by atoms with Crippen LogP contribution in [0.15, 0.2) is 36.5 Å². The van der Waals surface area contributed by atoms with Crippen LogP contribution in [0.3, 0.4) is 0 Å². The van der Waals surface area contributed by atoms with Gasteiger partial charge in [0.1, 0.15) is 5.82 Å². The fraction of sp³-hybridized carbons (Fsp3) is 0.214. The molecule has 1 aliphatic rings. The second-order valence-corrected chi connectivity index (χ2v) is 4.13. The summed E-state index contributed by atoms with van der Waals surface area (Å²) in [5, 5.41) is 0. The quantitative estimate of drug-likeness (QED) is 0.741. The molecule has 1 nitrogen and oxygen atoms in total. The van der Waals surface area contributed by atoms with Gasteiger partial charge in [-0.1, -0.05) is 12.1 Å². The Balaban J connectivity index is 2.15. The molecule has 1 radical (unpaired) electrons. The van der Waals surface area contributed by atoms with E-state index in [0.29, 0.717) is 11.5 Å². The van der Waals surface area contributed by atoms with Gasteiger partial charge in [0.2, 0.25) is 0 Å². The lowest BCUT2D eigenvalue weighted by atomic mass is 10.0. The van der Waals surface area contributed by atoms with E-state index in [1.54, 1.807) is 18.3 Å². The number of rotatable bonds is 2. The Kier molecular flexibility index (Phi) is 2.21. The van der Waals surface area contributed by atoms with Gasteiger partial charge in [0.15, 0.2) is 0 Å². The third-order valence-electron chi connectivity index (χ3n) is 2.93. The van der Waals surface area contributed by atoms with Gasteiger partial charge in [-0.25, -0.2) is 4.39 Å². The maximum absolute atomic E-state index is 13.7. The number of pyridine rings is 1. The molecule has 0 amide bonds. The average Bonchev–Trinajstić information content (AvgIpc) is 3.14. The summed E-state index contributed by atoms with van der Waals surface area (Å²) in [4.78, 5) is 4.28. The number of hydrogen-bond donors (Lipinski definition) is 0. The van der Waals surface area contributed by atoms with Crippen LogP contribution >= 0.6 is 0 Å².